The van der Waals surface area contributed by atoms with Crippen molar-refractivity contribution in [2.45, 2.75) is 13.0 Å². The molecule has 0 radical (unpaired) electrons. The summed E-state index contributed by atoms with van der Waals surface area (Å²) in [6.07, 6.45) is 2.41. The van der Waals surface area contributed by atoms with Crippen LogP contribution in [0.4, 0.5) is 5.82 Å². The summed E-state index contributed by atoms with van der Waals surface area (Å²) < 4.78 is 1.09. The van der Waals surface area contributed by atoms with Gasteiger partial charge in [-0.15, -0.1) is 0 Å². The van der Waals surface area contributed by atoms with Gasteiger partial charge in [-0.05, 0) is 29.7 Å². The van der Waals surface area contributed by atoms with Gasteiger partial charge < -0.3 is 10.6 Å². The SMILES string of the molecule is NC(=O)c1cnc(N2CCc3cccc(Br)c3C2)c(Cl)c1. The van der Waals surface area contributed by atoms with Crippen LogP contribution >= 0.6 is 27.5 Å². The Morgan fingerprint density at radius 2 is 2.24 bits per heavy atom. The molecule has 1 aliphatic heterocycles. The Bertz CT molecular complexity index is 720. The van der Waals surface area contributed by atoms with Crippen LogP contribution < -0.4 is 10.6 Å². The van der Waals surface area contributed by atoms with Gasteiger partial charge >= 0.3 is 0 Å². The standard InChI is InChI=1S/C15H13BrClN3O/c16-12-3-1-2-9-4-5-20(8-11(9)12)15-13(17)6-10(7-19-15)14(18)21/h1-3,6-7H,4-5,8H2,(H2,18,21). The van der Waals surface area contributed by atoms with Gasteiger partial charge in [0.05, 0.1) is 10.6 Å². The summed E-state index contributed by atoms with van der Waals surface area (Å²) in [6, 6.07) is 7.80. The van der Waals surface area contributed by atoms with Gasteiger partial charge in [0.1, 0.15) is 5.82 Å². The van der Waals surface area contributed by atoms with Crippen molar-refractivity contribution < 1.29 is 4.79 Å². The van der Waals surface area contributed by atoms with Crippen LogP contribution in [-0.2, 0) is 13.0 Å². The quantitative estimate of drug-likeness (QED) is 0.888. The molecular weight excluding hydrogens is 354 g/mol. The number of hydrogen-bond donors (Lipinski definition) is 1. The van der Waals surface area contributed by atoms with Crippen molar-refractivity contribution in [2.75, 3.05) is 11.4 Å². The molecule has 108 valence electrons. The molecule has 2 N–H and O–H groups in total. The lowest BCUT2D eigenvalue weighted by molar-refractivity contribution is 0.1000. The van der Waals surface area contributed by atoms with E-state index in [0.717, 1.165) is 24.0 Å². The highest BCUT2D eigenvalue weighted by Crippen LogP contribution is 2.32. The summed E-state index contributed by atoms with van der Waals surface area (Å²) in [5, 5.41) is 0.446. The number of aromatic nitrogens is 1. The van der Waals surface area contributed by atoms with Crippen LogP contribution in [-0.4, -0.2) is 17.4 Å². The zero-order valence-electron chi connectivity index (χ0n) is 11.1. The second kappa shape index (κ2) is 5.66. The molecule has 21 heavy (non-hydrogen) atoms. The van der Waals surface area contributed by atoms with Crippen molar-refractivity contribution in [3.05, 3.63) is 56.6 Å². The lowest BCUT2D eigenvalue weighted by atomic mass is 10.00. The predicted octanol–water partition coefficient (Wildman–Crippen LogP) is 3.16. The van der Waals surface area contributed by atoms with E-state index in [1.165, 1.54) is 17.3 Å². The highest BCUT2D eigenvalue weighted by Gasteiger charge is 2.21. The summed E-state index contributed by atoms with van der Waals surface area (Å²) in [5.74, 6) is 0.158. The summed E-state index contributed by atoms with van der Waals surface area (Å²) in [4.78, 5) is 17.6. The van der Waals surface area contributed by atoms with E-state index in [1.54, 1.807) is 6.07 Å². The zero-order chi connectivity index (χ0) is 15.0. The molecule has 0 saturated carbocycles. The second-order valence-corrected chi connectivity index (χ2v) is 6.20. The topological polar surface area (TPSA) is 59.2 Å². The molecule has 2 aromatic rings. The van der Waals surface area contributed by atoms with Crippen molar-refractivity contribution >= 4 is 39.3 Å². The molecule has 0 fully saturated rings. The molecule has 0 spiro atoms. The van der Waals surface area contributed by atoms with Crippen LogP contribution in [0, 0.1) is 0 Å². The van der Waals surface area contributed by atoms with Gasteiger partial charge in [0.2, 0.25) is 5.91 Å². The lowest BCUT2D eigenvalue weighted by Gasteiger charge is -2.31. The molecule has 1 aromatic heterocycles. The Morgan fingerprint density at radius 1 is 1.43 bits per heavy atom. The third-order valence-corrected chi connectivity index (χ3v) is 4.64. The number of nitrogens with zero attached hydrogens (tertiary/aromatic N) is 2. The summed E-state index contributed by atoms with van der Waals surface area (Å²) in [7, 11) is 0. The van der Waals surface area contributed by atoms with Crippen LogP contribution in [0.25, 0.3) is 0 Å². The van der Waals surface area contributed by atoms with Crippen molar-refractivity contribution in [1.29, 1.82) is 0 Å². The molecule has 1 aliphatic rings. The number of carbonyl (C=O) groups excluding carboxylic acids is 1. The van der Waals surface area contributed by atoms with E-state index in [9.17, 15) is 4.79 Å². The first-order valence-corrected chi connectivity index (χ1v) is 7.70. The first-order chi connectivity index (χ1) is 10.1. The monoisotopic (exact) mass is 365 g/mol. The number of carbonyl (C=O) groups is 1. The number of hydrogen-bond acceptors (Lipinski definition) is 3. The van der Waals surface area contributed by atoms with E-state index >= 15 is 0 Å². The summed E-state index contributed by atoms with van der Waals surface area (Å²) >= 11 is 9.84. The zero-order valence-corrected chi connectivity index (χ0v) is 13.5. The van der Waals surface area contributed by atoms with E-state index in [0.29, 0.717) is 16.4 Å². The number of amides is 1. The van der Waals surface area contributed by atoms with Gasteiger partial charge in [-0.2, -0.15) is 0 Å². The predicted molar refractivity (Wildman–Crippen MR) is 86.7 cm³/mol. The Labute approximate surface area is 136 Å². The number of pyridine rings is 1. The fourth-order valence-corrected chi connectivity index (χ4v) is 3.34. The number of anilines is 1. The largest absolute Gasteiger partial charge is 0.366 e. The number of rotatable bonds is 2. The van der Waals surface area contributed by atoms with E-state index in [1.807, 2.05) is 12.1 Å². The third kappa shape index (κ3) is 2.76. The van der Waals surface area contributed by atoms with Crippen molar-refractivity contribution in [2.24, 2.45) is 5.73 Å². The van der Waals surface area contributed by atoms with E-state index in [-0.39, 0.29) is 0 Å². The highest BCUT2D eigenvalue weighted by atomic mass is 79.9. The minimum absolute atomic E-state index is 0.322. The highest BCUT2D eigenvalue weighted by molar-refractivity contribution is 9.10. The molecule has 4 nitrogen and oxygen atoms in total. The Morgan fingerprint density at radius 3 is 2.95 bits per heavy atom. The Hall–Kier alpha value is -1.59. The lowest BCUT2D eigenvalue weighted by Crippen LogP contribution is -2.31. The van der Waals surface area contributed by atoms with Gasteiger partial charge in [-0.1, -0.05) is 39.7 Å². The molecule has 2 heterocycles. The van der Waals surface area contributed by atoms with Gasteiger partial charge in [0.15, 0.2) is 0 Å². The molecule has 0 aliphatic carbocycles. The smallest absolute Gasteiger partial charge is 0.250 e. The maximum Gasteiger partial charge on any atom is 0.250 e. The van der Waals surface area contributed by atoms with Crippen LogP contribution in [0.15, 0.2) is 34.9 Å². The molecule has 1 amide bonds. The molecule has 0 unspecified atom stereocenters. The van der Waals surface area contributed by atoms with Gasteiger partial charge in [0.25, 0.3) is 0 Å². The third-order valence-electron chi connectivity index (χ3n) is 3.62. The van der Waals surface area contributed by atoms with Gasteiger partial charge in [-0.25, -0.2) is 4.98 Å². The number of primary amides is 1. The number of halogens is 2. The minimum atomic E-state index is -0.525. The number of fused-ring (bicyclic) bond motifs is 1. The van der Waals surface area contributed by atoms with Crippen molar-refractivity contribution in [1.82, 2.24) is 4.98 Å². The van der Waals surface area contributed by atoms with Gasteiger partial charge in [0, 0.05) is 23.8 Å². The van der Waals surface area contributed by atoms with Crippen LogP contribution in [0.2, 0.25) is 5.02 Å². The first kappa shape index (κ1) is 14.4. The number of benzene rings is 1. The number of nitrogens with two attached hydrogens (primary N) is 1. The molecule has 3 rings (SSSR count). The fraction of sp³-hybridized carbons (Fsp3) is 0.200. The fourth-order valence-electron chi connectivity index (χ4n) is 2.52. The maximum atomic E-state index is 11.2. The van der Waals surface area contributed by atoms with E-state index in [4.69, 9.17) is 17.3 Å². The first-order valence-electron chi connectivity index (χ1n) is 6.53. The normalized spacial score (nSPS) is 13.9. The Balaban J connectivity index is 1.93. The van der Waals surface area contributed by atoms with Crippen LogP contribution in [0.5, 0.6) is 0 Å². The molecule has 0 bridgehead atoms. The van der Waals surface area contributed by atoms with Crippen LogP contribution in [0.3, 0.4) is 0 Å². The average molecular weight is 367 g/mol. The van der Waals surface area contributed by atoms with E-state index < -0.39 is 5.91 Å². The summed E-state index contributed by atoms with van der Waals surface area (Å²) in [5.41, 5.74) is 8.15. The molecule has 6 heteroatoms. The second-order valence-electron chi connectivity index (χ2n) is 4.94. The molecule has 1 aromatic carbocycles. The maximum absolute atomic E-state index is 11.2. The van der Waals surface area contributed by atoms with Crippen LogP contribution in [0.1, 0.15) is 21.5 Å². The molecule has 0 atom stereocenters. The molecular formula is C15H13BrClN3O. The summed E-state index contributed by atoms with van der Waals surface area (Å²) in [6.45, 7) is 1.57. The average Bonchev–Trinajstić information content (AvgIpc) is 2.47. The van der Waals surface area contributed by atoms with Crippen molar-refractivity contribution in [3.8, 4) is 0 Å². The Kier molecular flexibility index (Phi) is 3.87. The van der Waals surface area contributed by atoms with E-state index in [2.05, 4.69) is 31.9 Å². The van der Waals surface area contributed by atoms with Gasteiger partial charge in [-0.3, -0.25) is 4.79 Å². The molecule has 0 saturated heterocycles. The van der Waals surface area contributed by atoms with Crippen molar-refractivity contribution in [3.63, 3.8) is 0 Å². The minimum Gasteiger partial charge on any atom is -0.366 e.